The first-order chi connectivity index (χ1) is 17.9. The molecule has 0 saturated heterocycles. The van der Waals surface area contributed by atoms with E-state index in [2.05, 4.69) is 17.1 Å². The lowest BCUT2D eigenvalue weighted by molar-refractivity contribution is -0.137. The van der Waals surface area contributed by atoms with Gasteiger partial charge in [-0.15, -0.1) is 0 Å². The third-order valence-electron chi connectivity index (χ3n) is 6.39. The maximum absolute atomic E-state index is 13.1. The molecule has 1 heterocycles. The van der Waals surface area contributed by atoms with Crippen molar-refractivity contribution in [1.29, 1.82) is 0 Å². The Bertz CT molecular complexity index is 1650. The summed E-state index contributed by atoms with van der Waals surface area (Å²) in [4.78, 5) is 4.55. The first-order valence-electron chi connectivity index (χ1n) is 11.8. The summed E-state index contributed by atoms with van der Waals surface area (Å²) >= 11 is 0. The molecule has 0 atom stereocenters. The van der Waals surface area contributed by atoms with Crippen LogP contribution in [0.5, 0.6) is 0 Å². The van der Waals surface area contributed by atoms with Crippen LogP contribution in [0.25, 0.3) is 55.9 Å². The molecule has 0 aliphatic heterocycles. The average Bonchev–Trinajstić information content (AvgIpc) is 3.38. The predicted octanol–water partition coefficient (Wildman–Crippen LogP) is 9.51. The number of oxazole rings is 1. The van der Waals surface area contributed by atoms with Crippen molar-refractivity contribution in [1.82, 2.24) is 4.98 Å². The van der Waals surface area contributed by atoms with Crippen molar-refractivity contribution in [3.8, 4) is 44.8 Å². The lowest BCUT2D eigenvalue weighted by Gasteiger charge is -2.10. The minimum absolute atomic E-state index is 0.540. The number of alkyl halides is 3. The van der Waals surface area contributed by atoms with E-state index in [0.29, 0.717) is 11.5 Å². The van der Waals surface area contributed by atoms with Crippen LogP contribution in [0, 0.1) is 0 Å². The number of benzene rings is 5. The Morgan fingerprint density at radius 2 is 0.973 bits per heavy atom. The zero-order valence-corrected chi connectivity index (χ0v) is 19.5. The fourth-order valence-electron chi connectivity index (χ4n) is 4.39. The van der Waals surface area contributed by atoms with Gasteiger partial charge in [0.2, 0.25) is 5.89 Å². The molecule has 6 rings (SSSR count). The minimum Gasteiger partial charge on any atom is -0.436 e. The lowest BCUT2D eigenvalue weighted by atomic mass is 9.97. The van der Waals surface area contributed by atoms with E-state index in [1.54, 1.807) is 6.07 Å². The number of halogens is 3. The Morgan fingerprint density at radius 1 is 0.486 bits per heavy atom. The summed E-state index contributed by atoms with van der Waals surface area (Å²) in [5, 5.41) is 0. The van der Waals surface area contributed by atoms with Crippen molar-refractivity contribution in [2.45, 2.75) is 6.18 Å². The van der Waals surface area contributed by atoms with E-state index >= 15 is 0 Å². The molecule has 0 amide bonds. The number of rotatable bonds is 4. The minimum atomic E-state index is -4.36. The first-order valence-corrected chi connectivity index (χ1v) is 11.8. The number of hydrogen-bond donors (Lipinski definition) is 0. The molecule has 0 fully saturated rings. The van der Waals surface area contributed by atoms with Crippen LogP contribution < -0.4 is 0 Å². The van der Waals surface area contributed by atoms with Gasteiger partial charge >= 0.3 is 6.18 Å². The van der Waals surface area contributed by atoms with Crippen LogP contribution in [0.15, 0.2) is 126 Å². The molecule has 0 saturated carbocycles. The Hall–Kier alpha value is -4.64. The molecule has 37 heavy (non-hydrogen) atoms. The molecular weight excluding hydrogens is 471 g/mol. The maximum atomic E-state index is 13.1. The summed E-state index contributed by atoms with van der Waals surface area (Å²) in [5.74, 6) is 0.594. The van der Waals surface area contributed by atoms with Gasteiger partial charge in [-0.05, 0) is 69.8 Å². The van der Waals surface area contributed by atoms with Crippen LogP contribution in [0.2, 0.25) is 0 Å². The van der Waals surface area contributed by atoms with Crippen molar-refractivity contribution in [2.24, 2.45) is 0 Å². The van der Waals surface area contributed by atoms with Crippen LogP contribution >= 0.6 is 0 Å². The van der Waals surface area contributed by atoms with Crippen molar-refractivity contribution in [3.05, 3.63) is 127 Å². The number of nitrogens with zero attached hydrogens (tertiary/aromatic N) is 1. The van der Waals surface area contributed by atoms with E-state index in [4.69, 9.17) is 4.42 Å². The van der Waals surface area contributed by atoms with Crippen LogP contribution in [0.4, 0.5) is 13.2 Å². The molecule has 6 aromatic rings. The fourth-order valence-corrected chi connectivity index (χ4v) is 4.39. The van der Waals surface area contributed by atoms with Gasteiger partial charge in [0.15, 0.2) is 5.58 Å². The van der Waals surface area contributed by atoms with Crippen molar-refractivity contribution in [3.63, 3.8) is 0 Å². The van der Waals surface area contributed by atoms with Crippen LogP contribution in [0.3, 0.4) is 0 Å². The number of hydrogen-bond acceptors (Lipinski definition) is 2. The molecule has 0 aliphatic carbocycles. The smallest absolute Gasteiger partial charge is 0.416 e. The van der Waals surface area contributed by atoms with E-state index in [9.17, 15) is 13.2 Å². The van der Waals surface area contributed by atoms with Gasteiger partial charge in [0, 0.05) is 5.56 Å². The summed E-state index contributed by atoms with van der Waals surface area (Å²) in [5.41, 5.74) is 7.32. The van der Waals surface area contributed by atoms with Gasteiger partial charge in [0.1, 0.15) is 5.52 Å². The van der Waals surface area contributed by atoms with Crippen molar-refractivity contribution in [2.75, 3.05) is 0 Å². The molecule has 1 aromatic heterocycles. The number of para-hydroxylation sites is 2. The van der Waals surface area contributed by atoms with Gasteiger partial charge in [0.25, 0.3) is 0 Å². The SMILES string of the molecule is FC(F)(F)c1cccc(-c2ccc(-c3ccc(-c4ccc(-c5nc6ccccc6o5)cc4)cc3)cc2)c1. The molecule has 0 radical (unpaired) electrons. The number of aromatic nitrogens is 1. The third-order valence-corrected chi connectivity index (χ3v) is 6.39. The molecule has 5 aromatic carbocycles. The summed E-state index contributed by atoms with van der Waals surface area (Å²) in [6.07, 6.45) is -4.36. The van der Waals surface area contributed by atoms with Crippen LogP contribution in [-0.4, -0.2) is 4.98 Å². The highest BCUT2D eigenvalue weighted by molar-refractivity contribution is 5.77. The Balaban J connectivity index is 1.20. The maximum Gasteiger partial charge on any atom is 0.416 e. The monoisotopic (exact) mass is 491 g/mol. The van der Waals surface area contributed by atoms with E-state index in [-0.39, 0.29) is 0 Å². The molecule has 0 bridgehead atoms. The van der Waals surface area contributed by atoms with Crippen molar-refractivity contribution < 1.29 is 17.6 Å². The van der Waals surface area contributed by atoms with E-state index in [1.807, 2.05) is 84.9 Å². The van der Waals surface area contributed by atoms with Gasteiger partial charge in [-0.1, -0.05) is 84.9 Å². The van der Waals surface area contributed by atoms with Gasteiger partial charge in [-0.25, -0.2) is 4.98 Å². The van der Waals surface area contributed by atoms with E-state index < -0.39 is 11.7 Å². The molecule has 0 unspecified atom stereocenters. The van der Waals surface area contributed by atoms with Gasteiger partial charge in [0.05, 0.1) is 5.56 Å². The van der Waals surface area contributed by atoms with Gasteiger partial charge in [-0.3, -0.25) is 0 Å². The topological polar surface area (TPSA) is 26.0 Å². The van der Waals surface area contributed by atoms with Crippen molar-refractivity contribution >= 4 is 11.1 Å². The normalized spacial score (nSPS) is 11.6. The highest BCUT2D eigenvalue weighted by atomic mass is 19.4. The summed E-state index contributed by atoms with van der Waals surface area (Å²) in [7, 11) is 0. The molecule has 2 nitrogen and oxygen atoms in total. The zero-order valence-electron chi connectivity index (χ0n) is 19.5. The highest BCUT2D eigenvalue weighted by Crippen LogP contribution is 2.33. The second-order valence-electron chi connectivity index (χ2n) is 8.80. The van der Waals surface area contributed by atoms with E-state index in [0.717, 1.165) is 50.5 Å². The predicted molar refractivity (Wildman–Crippen MR) is 141 cm³/mol. The molecule has 5 heteroatoms. The quantitative estimate of drug-likeness (QED) is 0.245. The van der Waals surface area contributed by atoms with E-state index in [1.165, 1.54) is 12.1 Å². The molecule has 0 N–H and O–H groups in total. The summed E-state index contributed by atoms with van der Waals surface area (Å²) in [6.45, 7) is 0. The zero-order chi connectivity index (χ0) is 25.4. The van der Waals surface area contributed by atoms with Crippen LogP contribution in [0.1, 0.15) is 5.56 Å². The second-order valence-corrected chi connectivity index (χ2v) is 8.80. The Labute approximate surface area is 211 Å². The fraction of sp³-hybridized carbons (Fsp3) is 0.0312. The van der Waals surface area contributed by atoms with Crippen LogP contribution in [-0.2, 0) is 6.18 Å². The molecule has 180 valence electrons. The summed E-state index contributed by atoms with van der Waals surface area (Å²) in [6, 6.07) is 36.9. The summed E-state index contributed by atoms with van der Waals surface area (Å²) < 4.78 is 45.0. The Morgan fingerprint density at radius 3 is 1.49 bits per heavy atom. The average molecular weight is 492 g/mol. The molecular formula is C32H20F3NO. The standard InChI is InChI=1S/C32H20F3NO/c33-32(34,35)28-5-3-4-27(20-28)25-14-12-23(13-15-25)21-8-10-22(11-9-21)24-16-18-26(19-17-24)31-36-29-6-1-2-7-30(29)37-31/h1-20H. The largest absolute Gasteiger partial charge is 0.436 e. The molecule has 0 aliphatic rings. The highest BCUT2D eigenvalue weighted by Gasteiger charge is 2.30. The van der Waals surface area contributed by atoms with Gasteiger partial charge in [-0.2, -0.15) is 13.2 Å². The second kappa shape index (κ2) is 9.10. The Kier molecular flexibility index (Phi) is 5.61. The third kappa shape index (κ3) is 4.64. The lowest BCUT2D eigenvalue weighted by Crippen LogP contribution is -2.04. The van der Waals surface area contributed by atoms with Gasteiger partial charge < -0.3 is 4.42 Å². The number of fused-ring (bicyclic) bond motifs is 1. The molecule has 0 spiro atoms. The first kappa shape index (κ1) is 22.8.